The standard InChI is InChI=1S/C15H18S/c1-4-13(2)7-5-8-14(3)10-11-15-9-6-12-16-15/h4-10,12H,1,11H2,2-3H3/b8-5+,13-7+,14-10+. The van der Waals surface area contributed by atoms with Crippen LogP contribution in [-0.4, -0.2) is 0 Å². The van der Waals surface area contributed by atoms with Gasteiger partial charge in [-0.1, -0.05) is 54.2 Å². The Morgan fingerprint density at radius 3 is 2.81 bits per heavy atom. The molecule has 0 nitrogen and oxygen atoms in total. The van der Waals surface area contributed by atoms with Gasteiger partial charge in [0, 0.05) is 11.3 Å². The van der Waals surface area contributed by atoms with Crippen molar-refractivity contribution in [3.63, 3.8) is 0 Å². The summed E-state index contributed by atoms with van der Waals surface area (Å²) in [6.07, 6.45) is 11.4. The van der Waals surface area contributed by atoms with Crippen LogP contribution in [0.2, 0.25) is 0 Å². The first-order chi connectivity index (χ1) is 7.72. The lowest BCUT2D eigenvalue weighted by molar-refractivity contribution is 1.29. The highest BCUT2D eigenvalue weighted by molar-refractivity contribution is 7.09. The molecule has 0 aliphatic heterocycles. The first kappa shape index (κ1) is 12.7. The van der Waals surface area contributed by atoms with Crippen molar-refractivity contribution in [1.29, 1.82) is 0 Å². The maximum atomic E-state index is 3.71. The minimum Gasteiger partial charge on any atom is -0.149 e. The molecule has 1 aromatic rings. The molecule has 0 saturated carbocycles. The van der Waals surface area contributed by atoms with E-state index in [0.717, 1.165) is 6.42 Å². The van der Waals surface area contributed by atoms with Crippen LogP contribution >= 0.6 is 11.3 Å². The fourth-order valence-corrected chi connectivity index (χ4v) is 1.85. The van der Waals surface area contributed by atoms with Crippen molar-refractivity contribution in [2.24, 2.45) is 0 Å². The molecule has 0 atom stereocenters. The number of allylic oxidation sites excluding steroid dienone is 7. The van der Waals surface area contributed by atoms with Crippen molar-refractivity contribution in [2.75, 3.05) is 0 Å². The topological polar surface area (TPSA) is 0 Å². The van der Waals surface area contributed by atoms with Crippen LogP contribution in [0.4, 0.5) is 0 Å². The molecule has 0 unspecified atom stereocenters. The molecule has 0 N–H and O–H groups in total. The zero-order chi connectivity index (χ0) is 11.8. The van der Waals surface area contributed by atoms with E-state index in [-0.39, 0.29) is 0 Å². The van der Waals surface area contributed by atoms with E-state index in [1.165, 1.54) is 16.0 Å². The zero-order valence-corrected chi connectivity index (χ0v) is 10.8. The van der Waals surface area contributed by atoms with Crippen molar-refractivity contribution in [1.82, 2.24) is 0 Å². The molecule has 0 radical (unpaired) electrons. The van der Waals surface area contributed by atoms with Gasteiger partial charge < -0.3 is 0 Å². The van der Waals surface area contributed by atoms with Crippen LogP contribution in [0.25, 0.3) is 0 Å². The second-order valence-corrected chi connectivity index (χ2v) is 4.74. The monoisotopic (exact) mass is 230 g/mol. The van der Waals surface area contributed by atoms with E-state index in [1.54, 1.807) is 11.3 Å². The van der Waals surface area contributed by atoms with Crippen molar-refractivity contribution < 1.29 is 0 Å². The van der Waals surface area contributed by atoms with E-state index in [0.29, 0.717) is 0 Å². The first-order valence-electron chi connectivity index (χ1n) is 5.39. The highest BCUT2D eigenvalue weighted by atomic mass is 32.1. The summed E-state index contributed by atoms with van der Waals surface area (Å²) in [5.74, 6) is 0. The average Bonchev–Trinajstić information content (AvgIpc) is 2.79. The number of hydrogen-bond acceptors (Lipinski definition) is 1. The lowest BCUT2D eigenvalue weighted by atomic mass is 10.2. The third-order valence-electron chi connectivity index (χ3n) is 2.25. The van der Waals surface area contributed by atoms with E-state index in [4.69, 9.17) is 0 Å². The number of rotatable bonds is 5. The Labute approximate surface area is 102 Å². The molecule has 0 bridgehead atoms. The summed E-state index contributed by atoms with van der Waals surface area (Å²) in [4.78, 5) is 1.41. The molecule has 0 spiro atoms. The molecular weight excluding hydrogens is 212 g/mol. The minimum absolute atomic E-state index is 1.03. The van der Waals surface area contributed by atoms with Gasteiger partial charge in [-0.25, -0.2) is 0 Å². The molecule has 1 heterocycles. The van der Waals surface area contributed by atoms with E-state index < -0.39 is 0 Å². The van der Waals surface area contributed by atoms with E-state index >= 15 is 0 Å². The molecule has 1 aromatic heterocycles. The Morgan fingerprint density at radius 2 is 2.19 bits per heavy atom. The van der Waals surface area contributed by atoms with Crippen LogP contribution in [0.3, 0.4) is 0 Å². The predicted molar refractivity (Wildman–Crippen MR) is 74.9 cm³/mol. The molecule has 16 heavy (non-hydrogen) atoms. The van der Waals surface area contributed by atoms with Gasteiger partial charge in [-0.2, -0.15) is 0 Å². The molecular formula is C15H18S. The first-order valence-corrected chi connectivity index (χ1v) is 6.27. The molecule has 0 aromatic carbocycles. The summed E-state index contributed by atoms with van der Waals surface area (Å²) in [5, 5.41) is 2.12. The van der Waals surface area contributed by atoms with Gasteiger partial charge in [-0.3, -0.25) is 0 Å². The minimum atomic E-state index is 1.03. The third kappa shape index (κ3) is 4.94. The Kier molecular flexibility index (Phi) is 5.58. The fourth-order valence-electron chi connectivity index (χ4n) is 1.18. The predicted octanol–water partition coefficient (Wildman–Crippen LogP) is 4.93. The Hall–Kier alpha value is -1.34. The van der Waals surface area contributed by atoms with Crippen LogP contribution in [0.5, 0.6) is 0 Å². The second-order valence-electron chi connectivity index (χ2n) is 3.71. The number of hydrogen-bond donors (Lipinski definition) is 0. The van der Waals surface area contributed by atoms with Crippen molar-refractivity contribution in [3.05, 3.63) is 70.5 Å². The van der Waals surface area contributed by atoms with Gasteiger partial charge in [0.2, 0.25) is 0 Å². The Bertz CT molecular complexity index is 403. The Morgan fingerprint density at radius 1 is 1.38 bits per heavy atom. The fraction of sp³-hybridized carbons (Fsp3) is 0.200. The summed E-state index contributed by atoms with van der Waals surface area (Å²) in [6, 6.07) is 4.26. The smallest absolute Gasteiger partial charge is 0.00830 e. The van der Waals surface area contributed by atoms with Crippen molar-refractivity contribution in [3.8, 4) is 0 Å². The quantitative estimate of drug-likeness (QED) is 0.629. The van der Waals surface area contributed by atoms with Gasteiger partial charge in [0.05, 0.1) is 0 Å². The van der Waals surface area contributed by atoms with Crippen molar-refractivity contribution in [2.45, 2.75) is 20.3 Å². The summed E-state index contributed by atoms with van der Waals surface area (Å²) >= 11 is 1.80. The van der Waals surface area contributed by atoms with Crippen LogP contribution in [0.1, 0.15) is 18.7 Å². The van der Waals surface area contributed by atoms with Crippen LogP contribution in [0.15, 0.2) is 65.6 Å². The van der Waals surface area contributed by atoms with Gasteiger partial charge in [0.15, 0.2) is 0 Å². The van der Waals surface area contributed by atoms with Gasteiger partial charge in [0.1, 0.15) is 0 Å². The average molecular weight is 230 g/mol. The van der Waals surface area contributed by atoms with Gasteiger partial charge in [0.25, 0.3) is 0 Å². The highest BCUT2D eigenvalue weighted by Gasteiger charge is 1.89. The molecule has 1 rings (SSSR count). The van der Waals surface area contributed by atoms with Gasteiger partial charge in [-0.15, -0.1) is 11.3 Å². The molecule has 0 aliphatic rings. The lowest BCUT2D eigenvalue weighted by Crippen LogP contribution is -1.75. The van der Waals surface area contributed by atoms with Gasteiger partial charge >= 0.3 is 0 Å². The Balaban J connectivity index is 2.48. The SMILES string of the molecule is C=C/C(C)=C/C=C/C(C)=C/Cc1cccs1. The third-order valence-corrected chi connectivity index (χ3v) is 3.14. The van der Waals surface area contributed by atoms with Crippen LogP contribution < -0.4 is 0 Å². The lowest BCUT2D eigenvalue weighted by Gasteiger charge is -1.92. The maximum Gasteiger partial charge on any atom is 0.00830 e. The van der Waals surface area contributed by atoms with E-state index in [2.05, 4.69) is 55.3 Å². The highest BCUT2D eigenvalue weighted by Crippen LogP contribution is 2.11. The van der Waals surface area contributed by atoms with Crippen molar-refractivity contribution >= 4 is 11.3 Å². The summed E-state index contributed by atoms with van der Waals surface area (Å²) < 4.78 is 0. The number of thiophene rings is 1. The zero-order valence-electron chi connectivity index (χ0n) is 9.94. The molecule has 0 aliphatic carbocycles. The molecule has 84 valence electrons. The van der Waals surface area contributed by atoms with E-state index in [1.807, 2.05) is 13.0 Å². The molecule has 0 fully saturated rings. The normalized spacial score (nSPS) is 13.4. The molecule has 0 saturated heterocycles. The van der Waals surface area contributed by atoms with E-state index in [9.17, 15) is 0 Å². The van der Waals surface area contributed by atoms with Crippen LogP contribution in [-0.2, 0) is 6.42 Å². The van der Waals surface area contributed by atoms with Crippen LogP contribution in [0, 0.1) is 0 Å². The van der Waals surface area contributed by atoms with Gasteiger partial charge in [-0.05, 0) is 25.3 Å². The molecule has 1 heteroatoms. The summed E-state index contributed by atoms with van der Waals surface area (Å²) in [7, 11) is 0. The largest absolute Gasteiger partial charge is 0.149 e. The second kappa shape index (κ2) is 7.02. The summed E-state index contributed by atoms with van der Waals surface area (Å²) in [6.45, 7) is 7.88. The maximum absolute atomic E-state index is 3.71. The summed E-state index contributed by atoms with van der Waals surface area (Å²) in [5.41, 5.74) is 2.48. The molecule has 0 amide bonds.